The van der Waals surface area contributed by atoms with Crippen LogP contribution in [-0.4, -0.2) is 35.1 Å². The average Bonchev–Trinajstić information content (AvgIpc) is 3.13. The van der Waals surface area contributed by atoms with Crippen molar-refractivity contribution in [3.05, 3.63) is 33.1 Å². The zero-order valence-corrected chi connectivity index (χ0v) is 11.4. The van der Waals surface area contributed by atoms with Crippen LogP contribution in [0.2, 0.25) is 0 Å². The molecule has 0 atom stereocenters. The van der Waals surface area contributed by atoms with E-state index in [4.69, 9.17) is 5.11 Å². The number of amides is 1. The van der Waals surface area contributed by atoms with E-state index in [0.29, 0.717) is 15.7 Å². The first-order chi connectivity index (χ1) is 8.13. The number of rotatable bonds is 4. The van der Waals surface area contributed by atoms with Gasteiger partial charge >= 0.3 is 0 Å². The van der Waals surface area contributed by atoms with Crippen LogP contribution in [0.1, 0.15) is 23.2 Å². The minimum atomic E-state index is -0.379. The maximum absolute atomic E-state index is 13.4. The lowest BCUT2D eigenvalue weighted by atomic mass is 10.2. The van der Waals surface area contributed by atoms with E-state index in [1.54, 1.807) is 17.0 Å². The van der Waals surface area contributed by atoms with Crippen molar-refractivity contribution in [1.29, 1.82) is 0 Å². The number of aliphatic hydroxyl groups is 1. The molecule has 1 N–H and O–H groups in total. The molecule has 1 saturated carbocycles. The van der Waals surface area contributed by atoms with E-state index in [-0.39, 0.29) is 24.4 Å². The van der Waals surface area contributed by atoms with Crippen molar-refractivity contribution in [2.45, 2.75) is 18.9 Å². The Morgan fingerprint density at radius 1 is 1.53 bits per heavy atom. The number of hydrogen-bond acceptors (Lipinski definition) is 2. The first-order valence-electron chi connectivity index (χ1n) is 5.50. The first-order valence-corrected chi connectivity index (χ1v) is 6.58. The predicted molar refractivity (Wildman–Crippen MR) is 70.3 cm³/mol. The van der Waals surface area contributed by atoms with Gasteiger partial charge in [0, 0.05) is 21.7 Å². The molecule has 17 heavy (non-hydrogen) atoms. The molecule has 0 saturated heterocycles. The molecule has 0 unspecified atom stereocenters. The van der Waals surface area contributed by atoms with Crippen LogP contribution in [0.5, 0.6) is 0 Å². The molecule has 0 heterocycles. The molecule has 1 aromatic carbocycles. The summed E-state index contributed by atoms with van der Waals surface area (Å²) in [5.74, 6) is -0.576. The highest BCUT2D eigenvalue weighted by Gasteiger charge is 2.32. The van der Waals surface area contributed by atoms with Gasteiger partial charge in [0.2, 0.25) is 0 Å². The fraction of sp³-hybridized carbons (Fsp3) is 0.417. The molecule has 0 spiro atoms. The SMILES string of the molecule is O=C(c1ccc(I)c(F)c1)N(CCO)C1CC1. The second kappa shape index (κ2) is 5.30. The molecular formula is C12H13FINO2. The molecule has 0 bridgehead atoms. The fourth-order valence-electron chi connectivity index (χ4n) is 1.74. The summed E-state index contributed by atoms with van der Waals surface area (Å²) >= 11 is 1.88. The van der Waals surface area contributed by atoms with Crippen molar-refractivity contribution in [2.24, 2.45) is 0 Å². The van der Waals surface area contributed by atoms with E-state index in [2.05, 4.69) is 0 Å². The average molecular weight is 349 g/mol. The minimum absolute atomic E-state index is 0.0604. The maximum atomic E-state index is 13.4. The van der Waals surface area contributed by atoms with Crippen molar-refractivity contribution < 1.29 is 14.3 Å². The quantitative estimate of drug-likeness (QED) is 0.846. The van der Waals surface area contributed by atoms with Gasteiger partial charge < -0.3 is 10.0 Å². The lowest BCUT2D eigenvalue weighted by Crippen LogP contribution is -2.35. The molecule has 1 aliphatic carbocycles. The largest absolute Gasteiger partial charge is 0.395 e. The van der Waals surface area contributed by atoms with Gasteiger partial charge in [-0.05, 0) is 53.6 Å². The molecule has 0 radical (unpaired) electrons. The second-order valence-corrected chi connectivity index (χ2v) is 5.24. The van der Waals surface area contributed by atoms with Gasteiger partial charge in [0.05, 0.1) is 6.61 Å². The highest BCUT2D eigenvalue weighted by molar-refractivity contribution is 14.1. The number of nitrogens with zero attached hydrogens (tertiary/aromatic N) is 1. The molecule has 1 fully saturated rings. The first kappa shape index (κ1) is 12.8. The number of benzene rings is 1. The van der Waals surface area contributed by atoms with Crippen LogP contribution in [-0.2, 0) is 0 Å². The summed E-state index contributed by atoms with van der Waals surface area (Å²) in [5, 5.41) is 8.94. The Hall–Kier alpha value is -0.690. The van der Waals surface area contributed by atoms with E-state index >= 15 is 0 Å². The second-order valence-electron chi connectivity index (χ2n) is 4.08. The maximum Gasteiger partial charge on any atom is 0.254 e. The summed E-state index contributed by atoms with van der Waals surface area (Å²) in [6, 6.07) is 4.70. The summed E-state index contributed by atoms with van der Waals surface area (Å²) in [6.07, 6.45) is 1.94. The summed E-state index contributed by atoms with van der Waals surface area (Å²) in [5.41, 5.74) is 0.350. The van der Waals surface area contributed by atoms with Crippen LogP contribution in [0.4, 0.5) is 4.39 Å². The molecule has 0 aromatic heterocycles. The standard InChI is InChI=1S/C12H13FINO2/c13-10-7-8(1-4-11(10)14)12(17)15(5-6-16)9-2-3-9/h1,4,7,9,16H,2-3,5-6H2. The highest BCUT2D eigenvalue weighted by Crippen LogP contribution is 2.28. The number of hydrogen-bond donors (Lipinski definition) is 1. The highest BCUT2D eigenvalue weighted by atomic mass is 127. The van der Waals surface area contributed by atoms with Gasteiger partial charge in [-0.1, -0.05) is 0 Å². The zero-order chi connectivity index (χ0) is 12.4. The van der Waals surface area contributed by atoms with Gasteiger partial charge in [0.25, 0.3) is 5.91 Å². The number of carbonyl (C=O) groups is 1. The molecule has 0 aliphatic heterocycles. The van der Waals surface area contributed by atoms with Crippen LogP contribution >= 0.6 is 22.6 Å². The lowest BCUT2D eigenvalue weighted by molar-refractivity contribution is 0.0707. The Labute approximate surface area is 113 Å². The Kier molecular flexibility index (Phi) is 3.98. The normalized spacial score (nSPS) is 14.8. The summed E-state index contributed by atoms with van der Waals surface area (Å²) < 4.78 is 13.9. The topological polar surface area (TPSA) is 40.5 Å². The Morgan fingerprint density at radius 2 is 2.24 bits per heavy atom. The van der Waals surface area contributed by atoms with E-state index in [1.807, 2.05) is 22.6 Å². The fourth-order valence-corrected chi connectivity index (χ4v) is 2.07. The lowest BCUT2D eigenvalue weighted by Gasteiger charge is -2.21. The molecule has 3 nitrogen and oxygen atoms in total. The van der Waals surface area contributed by atoms with E-state index in [1.165, 1.54) is 6.07 Å². The van der Waals surface area contributed by atoms with Gasteiger partial charge in [-0.2, -0.15) is 0 Å². The molecule has 2 rings (SSSR count). The van der Waals surface area contributed by atoms with Gasteiger partial charge in [0.1, 0.15) is 5.82 Å². The third-order valence-electron chi connectivity index (χ3n) is 2.76. The van der Waals surface area contributed by atoms with Crippen molar-refractivity contribution in [3.8, 4) is 0 Å². The van der Waals surface area contributed by atoms with Crippen molar-refractivity contribution in [2.75, 3.05) is 13.2 Å². The molecule has 92 valence electrons. The number of carbonyl (C=O) groups excluding carboxylic acids is 1. The third kappa shape index (κ3) is 2.95. The molecule has 1 aromatic rings. The van der Waals surface area contributed by atoms with E-state index < -0.39 is 0 Å². The van der Waals surface area contributed by atoms with Crippen LogP contribution < -0.4 is 0 Å². The van der Waals surface area contributed by atoms with Crippen LogP contribution in [0.25, 0.3) is 0 Å². The van der Waals surface area contributed by atoms with Gasteiger partial charge in [-0.25, -0.2) is 4.39 Å². The number of halogens is 2. The third-order valence-corrected chi connectivity index (χ3v) is 3.63. The van der Waals surface area contributed by atoms with Crippen LogP contribution in [0.15, 0.2) is 18.2 Å². The molecule has 5 heteroatoms. The van der Waals surface area contributed by atoms with Crippen LogP contribution in [0, 0.1) is 9.39 Å². The zero-order valence-electron chi connectivity index (χ0n) is 9.20. The number of aliphatic hydroxyl groups excluding tert-OH is 1. The van der Waals surface area contributed by atoms with E-state index in [0.717, 1.165) is 12.8 Å². The van der Waals surface area contributed by atoms with Crippen molar-refractivity contribution in [1.82, 2.24) is 4.90 Å². The molecule has 1 aliphatic rings. The molecular weight excluding hydrogens is 336 g/mol. The summed E-state index contributed by atoms with van der Waals surface area (Å²) in [6.45, 7) is 0.256. The van der Waals surface area contributed by atoms with Crippen LogP contribution in [0.3, 0.4) is 0 Å². The Bertz CT molecular complexity index is 435. The summed E-state index contributed by atoms with van der Waals surface area (Å²) in [4.78, 5) is 13.8. The monoisotopic (exact) mass is 349 g/mol. The molecule has 1 amide bonds. The smallest absolute Gasteiger partial charge is 0.254 e. The predicted octanol–water partition coefficient (Wildman–Crippen LogP) is 2.03. The van der Waals surface area contributed by atoms with Crippen molar-refractivity contribution >= 4 is 28.5 Å². The van der Waals surface area contributed by atoms with Gasteiger partial charge in [-0.15, -0.1) is 0 Å². The summed E-state index contributed by atoms with van der Waals surface area (Å²) in [7, 11) is 0. The Morgan fingerprint density at radius 3 is 2.76 bits per heavy atom. The van der Waals surface area contributed by atoms with E-state index in [9.17, 15) is 9.18 Å². The minimum Gasteiger partial charge on any atom is -0.395 e. The van der Waals surface area contributed by atoms with Gasteiger partial charge in [0.15, 0.2) is 0 Å². The van der Waals surface area contributed by atoms with Crippen molar-refractivity contribution in [3.63, 3.8) is 0 Å². The Balaban J connectivity index is 2.19. The van der Waals surface area contributed by atoms with Gasteiger partial charge in [-0.3, -0.25) is 4.79 Å².